The number of amides is 2. The Bertz CT molecular complexity index is 806. The Morgan fingerprint density at radius 1 is 1.31 bits per heavy atom. The molecular formula is C19H25N3O4. The van der Waals surface area contributed by atoms with Crippen molar-refractivity contribution in [3.05, 3.63) is 29.5 Å². The van der Waals surface area contributed by atoms with Gasteiger partial charge in [-0.3, -0.25) is 4.79 Å². The second-order valence-corrected chi connectivity index (χ2v) is 6.47. The first-order valence-electron chi connectivity index (χ1n) is 8.92. The van der Waals surface area contributed by atoms with Gasteiger partial charge in [0.05, 0.1) is 13.7 Å². The largest absolute Gasteiger partial charge is 0.497 e. The van der Waals surface area contributed by atoms with E-state index in [9.17, 15) is 9.59 Å². The second kappa shape index (κ2) is 7.68. The Hall–Kier alpha value is -2.70. The smallest absolute Gasteiger partial charge is 0.409 e. The number of likely N-dealkylation sites (tertiary alicyclic amines) is 1. The highest BCUT2D eigenvalue weighted by molar-refractivity contribution is 6.01. The maximum atomic E-state index is 12.7. The van der Waals surface area contributed by atoms with E-state index in [0.717, 1.165) is 35.1 Å². The van der Waals surface area contributed by atoms with Crippen LogP contribution in [0, 0.1) is 6.92 Å². The van der Waals surface area contributed by atoms with Gasteiger partial charge in [0, 0.05) is 30.0 Å². The predicted molar refractivity (Wildman–Crippen MR) is 98.7 cm³/mol. The third kappa shape index (κ3) is 3.61. The molecule has 0 unspecified atom stereocenters. The zero-order valence-corrected chi connectivity index (χ0v) is 15.4. The molecule has 2 amide bonds. The molecule has 140 valence electrons. The van der Waals surface area contributed by atoms with Crippen molar-refractivity contribution in [2.24, 2.45) is 0 Å². The van der Waals surface area contributed by atoms with Crippen molar-refractivity contribution >= 4 is 22.9 Å². The number of hydrogen-bond acceptors (Lipinski definition) is 4. The Balaban J connectivity index is 1.65. The molecule has 1 fully saturated rings. The van der Waals surface area contributed by atoms with E-state index < -0.39 is 0 Å². The highest BCUT2D eigenvalue weighted by atomic mass is 16.6. The minimum Gasteiger partial charge on any atom is -0.497 e. The number of nitrogens with zero attached hydrogens (tertiary/aromatic N) is 1. The number of carbonyl (C=O) groups excluding carboxylic acids is 2. The summed E-state index contributed by atoms with van der Waals surface area (Å²) < 4.78 is 10.3. The molecule has 3 rings (SSSR count). The van der Waals surface area contributed by atoms with Crippen molar-refractivity contribution in [2.45, 2.75) is 32.7 Å². The van der Waals surface area contributed by atoms with Crippen molar-refractivity contribution in [1.29, 1.82) is 0 Å². The summed E-state index contributed by atoms with van der Waals surface area (Å²) in [6.45, 7) is 5.28. The summed E-state index contributed by atoms with van der Waals surface area (Å²) in [4.78, 5) is 29.3. The van der Waals surface area contributed by atoms with Crippen LogP contribution in [0.3, 0.4) is 0 Å². The summed E-state index contributed by atoms with van der Waals surface area (Å²) in [5, 5.41) is 4.06. The van der Waals surface area contributed by atoms with Crippen molar-refractivity contribution in [3.63, 3.8) is 0 Å². The Morgan fingerprint density at radius 2 is 2.04 bits per heavy atom. The number of benzene rings is 1. The number of aromatic nitrogens is 1. The van der Waals surface area contributed by atoms with Gasteiger partial charge in [0.2, 0.25) is 0 Å². The van der Waals surface area contributed by atoms with Gasteiger partial charge in [0.25, 0.3) is 5.91 Å². The molecule has 0 atom stereocenters. The van der Waals surface area contributed by atoms with Crippen molar-refractivity contribution in [3.8, 4) is 5.75 Å². The molecule has 0 bridgehead atoms. The standard InChI is InChI=1S/C19H25N3O4/c1-4-26-19(24)22-9-7-13(8-10-22)20-18(23)17-12(2)15-11-14(25-3)5-6-16(15)21-17/h5-6,11,13,21H,4,7-10H2,1-3H3,(H,20,23). The molecule has 2 heterocycles. The number of H-pyrrole nitrogens is 1. The van der Waals surface area contributed by atoms with Crippen LogP contribution in [0.1, 0.15) is 35.8 Å². The summed E-state index contributed by atoms with van der Waals surface area (Å²) in [6, 6.07) is 5.75. The molecule has 26 heavy (non-hydrogen) atoms. The minimum absolute atomic E-state index is 0.0496. The molecule has 7 heteroatoms. The van der Waals surface area contributed by atoms with Crippen LogP contribution in [0.5, 0.6) is 5.75 Å². The van der Waals surface area contributed by atoms with Gasteiger partial charge < -0.3 is 24.7 Å². The highest BCUT2D eigenvalue weighted by Crippen LogP contribution is 2.26. The minimum atomic E-state index is -0.280. The quantitative estimate of drug-likeness (QED) is 0.879. The van der Waals surface area contributed by atoms with E-state index in [1.54, 1.807) is 18.9 Å². The first-order valence-corrected chi connectivity index (χ1v) is 8.92. The number of fused-ring (bicyclic) bond motifs is 1. The van der Waals surface area contributed by atoms with E-state index >= 15 is 0 Å². The lowest BCUT2D eigenvalue weighted by Gasteiger charge is -2.31. The van der Waals surface area contributed by atoms with Crippen LogP contribution >= 0.6 is 0 Å². The van der Waals surface area contributed by atoms with Crippen LogP contribution in [-0.4, -0.2) is 54.7 Å². The zero-order valence-electron chi connectivity index (χ0n) is 15.4. The summed E-state index contributed by atoms with van der Waals surface area (Å²) in [5.74, 6) is 0.644. The van der Waals surface area contributed by atoms with Crippen molar-refractivity contribution in [2.75, 3.05) is 26.8 Å². The molecule has 1 aromatic carbocycles. The number of hydrogen-bond donors (Lipinski definition) is 2. The first-order chi connectivity index (χ1) is 12.5. The van der Waals surface area contributed by atoms with Crippen LogP contribution in [-0.2, 0) is 4.74 Å². The van der Waals surface area contributed by atoms with Gasteiger partial charge in [0.1, 0.15) is 11.4 Å². The van der Waals surface area contributed by atoms with Gasteiger partial charge >= 0.3 is 6.09 Å². The fourth-order valence-corrected chi connectivity index (χ4v) is 3.34. The number of piperidine rings is 1. The van der Waals surface area contributed by atoms with E-state index in [1.807, 2.05) is 25.1 Å². The Kier molecular flexibility index (Phi) is 5.35. The third-order valence-electron chi connectivity index (χ3n) is 4.85. The average molecular weight is 359 g/mol. The lowest BCUT2D eigenvalue weighted by atomic mass is 10.0. The maximum absolute atomic E-state index is 12.7. The number of nitrogens with one attached hydrogen (secondary N) is 2. The molecule has 1 saturated heterocycles. The van der Waals surface area contributed by atoms with Gasteiger partial charge in [0.15, 0.2) is 0 Å². The number of ether oxygens (including phenoxy) is 2. The fraction of sp³-hybridized carbons (Fsp3) is 0.474. The van der Waals surface area contributed by atoms with Gasteiger partial charge in [-0.05, 0) is 50.5 Å². The Labute approximate surface area is 152 Å². The summed E-state index contributed by atoms with van der Waals surface area (Å²) >= 11 is 0. The Morgan fingerprint density at radius 3 is 2.69 bits per heavy atom. The maximum Gasteiger partial charge on any atom is 0.409 e. The lowest BCUT2D eigenvalue weighted by Crippen LogP contribution is -2.46. The molecule has 7 nitrogen and oxygen atoms in total. The van der Waals surface area contributed by atoms with E-state index in [1.165, 1.54) is 0 Å². The number of rotatable bonds is 4. The first kappa shape index (κ1) is 18.1. The monoisotopic (exact) mass is 359 g/mol. The van der Waals surface area contributed by atoms with Gasteiger partial charge in [-0.1, -0.05) is 0 Å². The molecule has 2 aromatic rings. The summed E-state index contributed by atoms with van der Waals surface area (Å²) in [7, 11) is 1.62. The number of aromatic amines is 1. The zero-order chi connectivity index (χ0) is 18.7. The molecule has 2 N–H and O–H groups in total. The van der Waals surface area contributed by atoms with Gasteiger partial charge in [-0.25, -0.2) is 4.79 Å². The average Bonchev–Trinajstić information content (AvgIpc) is 2.98. The molecule has 0 radical (unpaired) electrons. The molecular weight excluding hydrogens is 334 g/mol. The van der Waals surface area contributed by atoms with Crippen LogP contribution in [0.4, 0.5) is 4.79 Å². The van der Waals surface area contributed by atoms with Gasteiger partial charge in [-0.15, -0.1) is 0 Å². The molecule has 1 aliphatic rings. The number of aryl methyl sites for hydroxylation is 1. The second-order valence-electron chi connectivity index (χ2n) is 6.47. The summed E-state index contributed by atoms with van der Waals surface area (Å²) in [6.07, 6.45) is 1.16. The van der Waals surface area contributed by atoms with Crippen LogP contribution in [0.2, 0.25) is 0 Å². The fourth-order valence-electron chi connectivity index (χ4n) is 3.34. The molecule has 0 saturated carbocycles. The van der Waals surface area contributed by atoms with Crippen LogP contribution in [0.25, 0.3) is 10.9 Å². The molecule has 1 aliphatic heterocycles. The topological polar surface area (TPSA) is 83.7 Å². The third-order valence-corrected chi connectivity index (χ3v) is 4.85. The van der Waals surface area contributed by atoms with Crippen LogP contribution < -0.4 is 10.1 Å². The van der Waals surface area contributed by atoms with E-state index in [2.05, 4.69) is 10.3 Å². The molecule has 0 aliphatic carbocycles. The lowest BCUT2D eigenvalue weighted by molar-refractivity contribution is 0.0857. The van der Waals surface area contributed by atoms with E-state index in [4.69, 9.17) is 9.47 Å². The molecule has 1 aromatic heterocycles. The van der Waals surface area contributed by atoms with Crippen molar-refractivity contribution in [1.82, 2.24) is 15.2 Å². The number of methoxy groups -OCH3 is 1. The SMILES string of the molecule is CCOC(=O)N1CCC(NC(=O)c2[nH]c3ccc(OC)cc3c2C)CC1. The predicted octanol–water partition coefficient (Wildman–Crippen LogP) is 2.84. The molecule has 0 spiro atoms. The van der Waals surface area contributed by atoms with E-state index in [0.29, 0.717) is 25.4 Å². The normalized spacial score (nSPS) is 15.1. The van der Waals surface area contributed by atoms with Crippen LogP contribution in [0.15, 0.2) is 18.2 Å². The van der Waals surface area contributed by atoms with Gasteiger partial charge in [-0.2, -0.15) is 0 Å². The summed E-state index contributed by atoms with van der Waals surface area (Å²) in [5.41, 5.74) is 2.38. The number of carbonyl (C=O) groups is 2. The highest BCUT2D eigenvalue weighted by Gasteiger charge is 2.25. The van der Waals surface area contributed by atoms with Crippen molar-refractivity contribution < 1.29 is 19.1 Å². The van der Waals surface area contributed by atoms with E-state index in [-0.39, 0.29) is 18.0 Å².